The summed E-state index contributed by atoms with van der Waals surface area (Å²) >= 11 is 0. The van der Waals surface area contributed by atoms with Crippen LogP contribution < -0.4 is 10.6 Å². The van der Waals surface area contributed by atoms with Crippen LogP contribution in [0.25, 0.3) is 0 Å². The molecular formula is C17H22F3N5. The average Bonchev–Trinajstić information content (AvgIpc) is 2.99. The quantitative estimate of drug-likeness (QED) is 0.477. The molecule has 0 saturated carbocycles. The Bertz CT molecular complexity index is 706. The van der Waals surface area contributed by atoms with E-state index in [1.807, 2.05) is 24.0 Å². The van der Waals surface area contributed by atoms with Gasteiger partial charge in [0.2, 0.25) is 0 Å². The van der Waals surface area contributed by atoms with E-state index in [-0.39, 0.29) is 6.54 Å². The molecule has 2 N–H and O–H groups in total. The Morgan fingerprint density at radius 3 is 2.72 bits per heavy atom. The van der Waals surface area contributed by atoms with Gasteiger partial charge in [-0.15, -0.1) is 0 Å². The van der Waals surface area contributed by atoms with Gasteiger partial charge in [0.1, 0.15) is 0 Å². The molecule has 0 aliphatic heterocycles. The summed E-state index contributed by atoms with van der Waals surface area (Å²) < 4.78 is 40.0. The fourth-order valence-electron chi connectivity index (χ4n) is 2.30. The molecule has 1 aromatic carbocycles. The second-order valence-corrected chi connectivity index (χ2v) is 5.68. The Morgan fingerprint density at radius 2 is 2.08 bits per heavy atom. The second kappa shape index (κ2) is 8.55. The van der Waals surface area contributed by atoms with Gasteiger partial charge in [-0.1, -0.05) is 12.1 Å². The minimum atomic E-state index is -4.33. The number of benzene rings is 1. The van der Waals surface area contributed by atoms with Crippen molar-refractivity contribution in [2.45, 2.75) is 32.6 Å². The fraction of sp³-hybridized carbons (Fsp3) is 0.412. The number of hydrogen-bond donors (Lipinski definition) is 2. The van der Waals surface area contributed by atoms with Crippen molar-refractivity contribution in [2.24, 2.45) is 4.99 Å². The molecule has 0 amide bonds. The second-order valence-electron chi connectivity index (χ2n) is 5.68. The van der Waals surface area contributed by atoms with Crippen LogP contribution in [0.15, 0.2) is 41.7 Å². The maximum Gasteiger partial charge on any atom is 0.416 e. The van der Waals surface area contributed by atoms with E-state index in [4.69, 9.17) is 0 Å². The largest absolute Gasteiger partial charge is 0.416 e. The summed E-state index contributed by atoms with van der Waals surface area (Å²) in [7, 11) is 1.62. The molecule has 0 fully saturated rings. The molecule has 25 heavy (non-hydrogen) atoms. The van der Waals surface area contributed by atoms with Crippen molar-refractivity contribution in [3.63, 3.8) is 0 Å². The first-order valence-corrected chi connectivity index (χ1v) is 7.98. The minimum absolute atomic E-state index is 0.266. The molecule has 0 spiro atoms. The Morgan fingerprint density at radius 1 is 1.28 bits per heavy atom. The zero-order chi connectivity index (χ0) is 18.3. The predicted octanol–water partition coefficient (Wildman–Crippen LogP) is 2.97. The summed E-state index contributed by atoms with van der Waals surface area (Å²) in [4.78, 5) is 4.07. The van der Waals surface area contributed by atoms with Gasteiger partial charge in [0, 0.05) is 32.9 Å². The van der Waals surface area contributed by atoms with Gasteiger partial charge in [-0.25, -0.2) is 0 Å². The zero-order valence-corrected chi connectivity index (χ0v) is 14.3. The molecule has 8 heteroatoms. The summed E-state index contributed by atoms with van der Waals surface area (Å²) in [6.45, 7) is 3.72. The molecule has 136 valence electrons. The average molecular weight is 353 g/mol. The van der Waals surface area contributed by atoms with Crippen molar-refractivity contribution >= 4 is 5.96 Å². The topological polar surface area (TPSA) is 54.2 Å². The molecule has 1 heterocycles. The van der Waals surface area contributed by atoms with Crippen molar-refractivity contribution in [1.29, 1.82) is 0 Å². The highest BCUT2D eigenvalue weighted by Gasteiger charge is 2.30. The number of aromatic nitrogens is 2. The van der Waals surface area contributed by atoms with Gasteiger partial charge < -0.3 is 10.6 Å². The lowest BCUT2D eigenvalue weighted by molar-refractivity contribution is -0.137. The minimum Gasteiger partial charge on any atom is -0.356 e. The van der Waals surface area contributed by atoms with Gasteiger partial charge >= 0.3 is 6.18 Å². The van der Waals surface area contributed by atoms with Crippen LogP contribution in [0.3, 0.4) is 0 Å². The van der Waals surface area contributed by atoms with Crippen LogP contribution in [0, 0.1) is 6.92 Å². The highest BCUT2D eigenvalue weighted by Crippen LogP contribution is 2.29. The molecule has 0 bridgehead atoms. The number of rotatable bonds is 6. The Labute approximate surface area is 145 Å². The van der Waals surface area contributed by atoms with E-state index < -0.39 is 11.7 Å². The molecule has 0 radical (unpaired) electrons. The molecule has 2 rings (SSSR count). The highest BCUT2D eigenvalue weighted by atomic mass is 19.4. The maximum absolute atomic E-state index is 12.7. The predicted molar refractivity (Wildman–Crippen MR) is 91.2 cm³/mol. The number of alkyl halides is 3. The smallest absolute Gasteiger partial charge is 0.356 e. The molecular weight excluding hydrogens is 331 g/mol. The standard InChI is InChI=1S/C17H22F3N5/c1-13-10-24-25(12-13)8-4-7-22-16(21-2)23-11-14-5-3-6-15(9-14)17(18,19)20/h3,5-6,9-10,12H,4,7-8,11H2,1-2H3,(H2,21,22,23). The van der Waals surface area contributed by atoms with Gasteiger partial charge in [-0.2, -0.15) is 18.3 Å². The van der Waals surface area contributed by atoms with Gasteiger partial charge in [-0.3, -0.25) is 9.67 Å². The molecule has 0 atom stereocenters. The summed E-state index contributed by atoms with van der Waals surface area (Å²) in [6.07, 6.45) is 0.301. The van der Waals surface area contributed by atoms with Crippen LogP contribution in [0.4, 0.5) is 13.2 Å². The number of guanidine groups is 1. The number of aryl methyl sites for hydroxylation is 2. The molecule has 1 aromatic heterocycles. The Hall–Kier alpha value is -2.51. The fourth-order valence-corrected chi connectivity index (χ4v) is 2.30. The first-order chi connectivity index (χ1) is 11.9. The van der Waals surface area contributed by atoms with E-state index in [2.05, 4.69) is 20.7 Å². The van der Waals surface area contributed by atoms with Crippen molar-refractivity contribution < 1.29 is 13.2 Å². The van der Waals surface area contributed by atoms with Crippen LogP contribution >= 0.6 is 0 Å². The van der Waals surface area contributed by atoms with Crippen LogP contribution in [0.1, 0.15) is 23.1 Å². The molecule has 5 nitrogen and oxygen atoms in total. The van der Waals surface area contributed by atoms with E-state index in [1.54, 1.807) is 13.1 Å². The SMILES string of the molecule is CN=C(NCCCn1cc(C)cn1)NCc1cccc(C(F)(F)F)c1. The number of aliphatic imine (C=N–C) groups is 1. The van der Waals surface area contributed by atoms with Crippen LogP contribution in [-0.4, -0.2) is 29.3 Å². The van der Waals surface area contributed by atoms with Gasteiger partial charge in [-0.05, 0) is 36.6 Å². The molecule has 0 aliphatic carbocycles. The summed E-state index contributed by atoms with van der Waals surface area (Å²) in [6, 6.07) is 5.26. The molecule has 0 saturated heterocycles. The zero-order valence-electron chi connectivity index (χ0n) is 14.3. The monoisotopic (exact) mass is 353 g/mol. The summed E-state index contributed by atoms with van der Waals surface area (Å²) in [5.74, 6) is 0.550. The van der Waals surface area contributed by atoms with Gasteiger partial charge in [0.15, 0.2) is 5.96 Å². The van der Waals surface area contributed by atoms with E-state index in [1.165, 1.54) is 6.07 Å². The van der Waals surface area contributed by atoms with Gasteiger partial charge in [0.25, 0.3) is 0 Å². The lowest BCUT2D eigenvalue weighted by Crippen LogP contribution is -2.37. The highest BCUT2D eigenvalue weighted by molar-refractivity contribution is 5.79. The number of nitrogens with zero attached hydrogens (tertiary/aromatic N) is 3. The first-order valence-electron chi connectivity index (χ1n) is 7.98. The number of halogens is 3. The maximum atomic E-state index is 12.7. The number of nitrogens with one attached hydrogen (secondary N) is 2. The van der Waals surface area contributed by atoms with Crippen molar-refractivity contribution in [1.82, 2.24) is 20.4 Å². The van der Waals surface area contributed by atoms with Crippen LogP contribution in [0.2, 0.25) is 0 Å². The van der Waals surface area contributed by atoms with Crippen LogP contribution in [-0.2, 0) is 19.3 Å². The lowest BCUT2D eigenvalue weighted by Gasteiger charge is -2.13. The third-order valence-electron chi connectivity index (χ3n) is 3.56. The van der Waals surface area contributed by atoms with E-state index in [0.717, 1.165) is 30.7 Å². The Kier molecular flexibility index (Phi) is 6.44. The van der Waals surface area contributed by atoms with Crippen molar-refractivity contribution in [3.05, 3.63) is 53.3 Å². The third kappa shape index (κ3) is 6.13. The van der Waals surface area contributed by atoms with E-state index in [0.29, 0.717) is 18.1 Å². The van der Waals surface area contributed by atoms with Crippen molar-refractivity contribution in [2.75, 3.05) is 13.6 Å². The molecule has 0 aliphatic rings. The summed E-state index contributed by atoms with van der Waals surface area (Å²) in [5, 5.41) is 10.4. The van der Waals surface area contributed by atoms with Crippen molar-refractivity contribution in [3.8, 4) is 0 Å². The molecule has 2 aromatic rings. The normalized spacial score (nSPS) is 12.3. The van der Waals surface area contributed by atoms with E-state index >= 15 is 0 Å². The van der Waals surface area contributed by atoms with Crippen LogP contribution in [0.5, 0.6) is 0 Å². The number of hydrogen-bond acceptors (Lipinski definition) is 2. The van der Waals surface area contributed by atoms with E-state index in [9.17, 15) is 13.2 Å². The summed E-state index contributed by atoms with van der Waals surface area (Å²) in [5.41, 5.74) is 1.01. The lowest BCUT2D eigenvalue weighted by atomic mass is 10.1. The Balaban J connectivity index is 1.76. The molecule has 0 unspecified atom stereocenters. The third-order valence-corrected chi connectivity index (χ3v) is 3.56. The first kappa shape index (κ1) is 18.8. The van der Waals surface area contributed by atoms with Gasteiger partial charge in [0.05, 0.1) is 11.8 Å².